The molecule has 5 heteroatoms. The van der Waals surface area contributed by atoms with Crippen LogP contribution in [-0.2, 0) is 20.7 Å². The molecular formula is C15H19NO4. The minimum absolute atomic E-state index is 0.181. The number of para-hydroxylation sites is 1. The number of esters is 1. The highest BCUT2D eigenvalue weighted by atomic mass is 16.5. The minimum Gasteiger partial charge on any atom is -0.492 e. The number of nitrogens with one attached hydrogen (secondary N) is 1. The van der Waals surface area contributed by atoms with E-state index in [9.17, 15) is 9.59 Å². The van der Waals surface area contributed by atoms with Crippen molar-refractivity contribution in [1.82, 2.24) is 5.32 Å². The number of carbonyl (C=O) groups is 2. The Kier molecular flexibility index (Phi) is 4.61. The predicted octanol–water partition coefficient (Wildman–Crippen LogP) is 1.31. The summed E-state index contributed by atoms with van der Waals surface area (Å²) in [4.78, 5) is 23.6. The molecule has 0 aliphatic carbocycles. The van der Waals surface area contributed by atoms with E-state index in [-0.39, 0.29) is 11.8 Å². The highest BCUT2D eigenvalue weighted by Crippen LogP contribution is 2.26. The summed E-state index contributed by atoms with van der Waals surface area (Å²) in [5.74, 6) is -0.0465. The first-order valence-electron chi connectivity index (χ1n) is 6.79. The van der Waals surface area contributed by atoms with E-state index in [4.69, 9.17) is 9.47 Å². The van der Waals surface area contributed by atoms with Crippen LogP contribution in [0.4, 0.5) is 0 Å². The van der Waals surface area contributed by atoms with E-state index in [1.807, 2.05) is 24.3 Å². The van der Waals surface area contributed by atoms with Crippen LogP contribution in [-0.4, -0.2) is 31.1 Å². The maximum Gasteiger partial charge on any atom is 0.328 e. The second-order valence-electron chi connectivity index (χ2n) is 4.80. The molecule has 1 N–H and O–H groups in total. The van der Waals surface area contributed by atoms with Gasteiger partial charge in [-0.15, -0.1) is 0 Å². The molecule has 108 valence electrons. The van der Waals surface area contributed by atoms with Crippen molar-refractivity contribution in [3.8, 4) is 5.75 Å². The molecule has 0 saturated heterocycles. The van der Waals surface area contributed by atoms with Gasteiger partial charge < -0.3 is 14.8 Å². The smallest absolute Gasteiger partial charge is 0.328 e. The van der Waals surface area contributed by atoms with E-state index in [2.05, 4.69) is 5.32 Å². The summed E-state index contributed by atoms with van der Waals surface area (Å²) < 4.78 is 10.4. The Morgan fingerprint density at radius 2 is 2.20 bits per heavy atom. The van der Waals surface area contributed by atoms with Crippen molar-refractivity contribution in [2.45, 2.75) is 26.3 Å². The number of ether oxygens (including phenoxy) is 2. The van der Waals surface area contributed by atoms with Crippen LogP contribution in [0.2, 0.25) is 0 Å². The average Bonchev–Trinajstić information content (AvgIpc) is 2.46. The zero-order chi connectivity index (χ0) is 14.5. The topological polar surface area (TPSA) is 64.6 Å². The SMILES string of the molecule is CCOC(=O)C(C)NC(=O)C1COc2ccccc2C1. The number of amides is 1. The summed E-state index contributed by atoms with van der Waals surface area (Å²) in [6, 6.07) is 7.03. The van der Waals surface area contributed by atoms with E-state index in [0.717, 1.165) is 11.3 Å². The summed E-state index contributed by atoms with van der Waals surface area (Å²) in [5.41, 5.74) is 1.02. The highest BCUT2D eigenvalue weighted by Gasteiger charge is 2.28. The van der Waals surface area contributed by atoms with Gasteiger partial charge in [0.1, 0.15) is 18.4 Å². The van der Waals surface area contributed by atoms with E-state index >= 15 is 0 Å². The van der Waals surface area contributed by atoms with Crippen molar-refractivity contribution in [2.75, 3.05) is 13.2 Å². The molecule has 2 unspecified atom stereocenters. The fourth-order valence-corrected chi connectivity index (χ4v) is 2.15. The molecule has 0 aromatic heterocycles. The maximum absolute atomic E-state index is 12.1. The van der Waals surface area contributed by atoms with Gasteiger partial charge in [0, 0.05) is 0 Å². The molecule has 20 heavy (non-hydrogen) atoms. The number of fused-ring (bicyclic) bond motifs is 1. The molecule has 1 amide bonds. The molecule has 2 atom stereocenters. The molecule has 1 aromatic carbocycles. The lowest BCUT2D eigenvalue weighted by Crippen LogP contribution is -2.45. The summed E-state index contributed by atoms with van der Waals surface area (Å²) in [6.45, 7) is 3.99. The second kappa shape index (κ2) is 6.41. The molecule has 0 fully saturated rings. The fourth-order valence-electron chi connectivity index (χ4n) is 2.15. The van der Waals surface area contributed by atoms with Gasteiger partial charge in [0.05, 0.1) is 12.5 Å². The summed E-state index contributed by atoms with van der Waals surface area (Å²) in [7, 11) is 0. The van der Waals surface area contributed by atoms with Gasteiger partial charge in [-0.2, -0.15) is 0 Å². The lowest BCUT2D eigenvalue weighted by atomic mass is 9.96. The summed E-state index contributed by atoms with van der Waals surface area (Å²) >= 11 is 0. The normalized spacial score (nSPS) is 18.4. The first-order chi connectivity index (χ1) is 9.61. The Labute approximate surface area is 118 Å². The Morgan fingerprint density at radius 3 is 2.95 bits per heavy atom. The highest BCUT2D eigenvalue weighted by molar-refractivity contribution is 5.85. The third kappa shape index (κ3) is 3.29. The van der Waals surface area contributed by atoms with Crippen LogP contribution in [0.15, 0.2) is 24.3 Å². The van der Waals surface area contributed by atoms with Crippen LogP contribution in [0.3, 0.4) is 0 Å². The molecule has 5 nitrogen and oxygen atoms in total. The van der Waals surface area contributed by atoms with Crippen molar-refractivity contribution < 1.29 is 19.1 Å². The van der Waals surface area contributed by atoms with E-state index in [0.29, 0.717) is 19.6 Å². The van der Waals surface area contributed by atoms with Gasteiger partial charge in [-0.25, -0.2) is 4.79 Å². The first-order valence-corrected chi connectivity index (χ1v) is 6.79. The Balaban J connectivity index is 1.93. The third-order valence-electron chi connectivity index (χ3n) is 3.25. The largest absolute Gasteiger partial charge is 0.492 e. The Hall–Kier alpha value is -2.04. The van der Waals surface area contributed by atoms with E-state index in [1.165, 1.54) is 0 Å². The molecule has 0 saturated carbocycles. The van der Waals surface area contributed by atoms with Crippen LogP contribution >= 0.6 is 0 Å². The van der Waals surface area contributed by atoms with Gasteiger partial charge in [-0.1, -0.05) is 18.2 Å². The van der Waals surface area contributed by atoms with Crippen molar-refractivity contribution in [2.24, 2.45) is 5.92 Å². The predicted molar refractivity (Wildman–Crippen MR) is 73.4 cm³/mol. The molecule has 0 bridgehead atoms. The lowest BCUT2D eigenvalue weighted by Gasteiger charge is -2.25. The van der Waals surface area contributed by atoms with Crippen LogP contribution in [0.1, 0.15) is 19.4 Å². The lowest BCUT2D eigenvalue weighted by molar-refractivity contribution is -0.147. The van der Waals surface area contributed by atoms with Crippen LogP contribution in [0.25, 0.3) is 0 Å². The maximum atomic E-state index is 12.1. The van der Waals surface area contributed by atoms with Crippen LogP contribution in [0, 0.1) is 5.92 Å². The van der Waals surface area contributed by atoms with E-state index in [1.54, 1.807) is 13.8 Å². The van der Waals surface area contributed by atoms with Crippen molar-refractivity contribution in [1.29, 1.82) is 0 Å². The zero-order valence-electron chi connectivity index (χ0n) is 11.7. The minimum atomic E-state index is -0.639. The standard InChI is InChI=1S/C15H19NO4/c1-3-19-15(18)10(2)16-14(17)12-8-11-6-4-5-7-13(11)20-9-12/h4-7,10,12H,3,8-9H2,1-2H3,(H,16,17). The van der Waals surface area contributed by atoms with Gasteiger partial charge in [-0.3, -0.25) is 4.79 Å². The van der Waals surface area contributed by atoms with Crippen molar-refractivity contribution in [3.05, 3.63) is 29.8 Å². The fraction of sp³-hybridized carbons (Fsp3) is 0.467. The monoisotopic (exact) mass is 277 g/mol. The van der Waals surface area contributed by atoms with Gasteiger partial charge in [0.2, 0.25) is 5.91 Å². The molecular weight excluding hydrogens is 258 g/mol. The van der Waals surface area contributed by atoms with Gasteiger partial charge in [0.15, 0.2) is 0 Å². The van der Waals surface area contributed by atoms with Crippen LogP contribution < -0.4 is 10.1 Å². The van der Waals surface area contributed by atoms with Crippen molar-refractivity contribution >= 4 is 11.9 Å². The summed E-state index contributed by atoms with van der Waals surface area (Å²) in [6.07, 6.45) is 0.623. The molecule has 1 heterocycles. The molecule has 2 rings (SSSR count). The quantitative estimate of drug-likeness (QED) is 0.843. The number of hydrogen-bond acceptors (Lipinski definition) is 4. The van der Waals surface area contributed by atoms with Gasteiger partial charge >= 0.3 is 5.97 Å². The Bertz CT molecular complexity index is 500. The second-order valence-corrected chi connectivity index (χ2v) is 4.80. The molecule has 0 radical (unpaired) electrons. The third-order valence-corrected chi connectivity index (χ3v) is 3.25. The number of rotatable bonds is 4. The molecule has 1 aliphatic rings. The van der Waals surface area contributed by atoms with Crippen LogP contribution in [0.5, 0.6) is 5.75 Å². The average molecular weight is 277 g/mol. The van der Waals surface area contributed by atoms with E-state index < -0.39 is 12.0 Å². The number of benzene rings is 1. The number of hydrogen-bond donors (Lipinski definition) is 1. The number of carbonyl (C=O) groups excluding carboxylic acids is 2. The Morgan fingerprint density at radius 1 is 1.45 bits per heavy atom. The van der Waals surface area contributed by atoms with Gasteiger partial charge in [0.25, 0.3) is 0 Å². The summed E-state index contributed by atoms with van der Waals surface area (Å²) in [5, 5.41) is 2.67. The molecule has 0 spiro atoms. The first kappa shape index (κ1) is 14.4. The molecule has 1 aliphatic heterocycles. The van der Waals surface area contributed by atoms with Gasteiger partial charge in [-0.05, 0) is 31.9 Å². The zero-order valence-corrected chi connectivity index (χ0v) is 11.7. The van der Waals surface area contributed by atoms with Crippen molar-refractivity contribution in [3.63, 3.8) is 0 Å². The molecule has 1 aromatic rings.